The van der Waals surface area contributed by atoms with Crippen LogP contribution in [-0.2, 0) is 10.2 Å². The summed E-state index contributed by atoms with van der Waals surface area (Å²) in [5.41, 5.74) is 6.22. The summed E-state index contributed by atoms with van der Waals surface area (Å²) in [6.07, 6.45) is 7.45. The molecule has 0 amide bonds. The summed E-state index contributed by atoms with van der Waals surface area (Å²) in [4.78, 5) is 4.70. The number of nitriles is 2. The molecule has 4 nitrogen and oxygen atoms in total. The van der Waals surface area contributed by atoms with E-state index in [9.17, 15) is 10.5 Å². The lowest BCUT2D eigenvalue weighted by Crippen LogP contribution is -2.16. The van der Waals surface area contributed by atoms with Crippen molar-refractivity contribution in [3.63, 3.8) is 0 Å². The van der Waals surface area contributed by atoms with Gasteiger partial charge in [-0.2, -0.15) is 10.5 Å². The van der Waals surface area contributed by atoms with E-state index in [1.807, 2.05) is 45.1 Å². The van der Waals surface area contributed by atoms with Crippen LogP contribution in [0.5, 0.6) is 0 Å². The SMILES string of the molecule is CC(C)(C)C1=CC(=C(C#N)C#N)C=C(/C=C/c2ccc3c(c2)Sc2ccccc2N3c2ccc(C(C)(C)C)cc2)O1. The minimum Gasteiger partial charge on any atom is -0.461 e. The van der Waals surface area contributed by atoms with Gasteiger partial charge in [0.25, 0.3) is 0 Å². The molecular formula is C36H33N3OS. The Kier molecular flexibility index (Phi) is 7.43. The summed E-state index contributed by atoms with van der Waals surface area (Å²) in [6, 6.07) is 27.8. The first-order chi connectivity index (χ1) is 19.5. The molecular weight excluding hydrogens is 522 g/mol. The molecule has 41 heavy (non-hydrogen) atoms. The zero-order valence-corrected chi connectivity index (χ0v) is 25.1. The quantitative estimate of drug-likeness (QED) is 0.235. The summed E-state index contributed by atoms with van der Waals surface area (Å²) >= 11 is 1.77. The van der Waals surface area contributed by atoms with Crippen LogP contribution in [0.4, 0.5) is 17.1 Å². The van der Waals surface area contributed by atoms with Gasteiger partial charge in [0.2, 0.25) is 0 Å². The van der Waals surface area contributed by atoms with E-state index in [1.54, 1.807) is 23.9 Å². The number of ether oxygens (including phenoxy) is 1. The van der Waals surface area contributed by atoms with E-state index in [0.717, 1.165) is 21.8 Å². The van der Waals surface area contributed by atoms with Gasteiger partial charge in [-0.3, -0.25) is 0 Å². The number of hydrogen-bond acceptors (Lipinski definition) is 5. The fourth-order valence-electron chi connectivity index (χ4n) is 4.72. The van der Waals surface area contributed by atoms with E-state index in [-0.39, 0.29) is 16.4 Å². The van der Waals surface area contributed by atoms with Crippen LogP contribution in [0, 0.1) is 28.1 Å². The third-order valence-electron chi connectivity index (χ3n) is 7.05. The van der Waals surface area contributed by atoms with Crippen LogP contribution >= 0.6 is 11.8 Å². The second-order valence-corrected chi connectivity index (χ2v) is 13.3. The van der Waals surface area contributed by atoms with E-state index in [1.165, 1.54) is 16.1 Å². The lowest BCUT2D eigenvalue weighted by atomic mass is 9.87. The molecule has 0 fully saturated rings. The van der Waals surface area contributed by atoms with Crippen LogP contribution in [0.15, 0.2) is 117 Å². The summed E-state index contributed by atoms with van der Waals surface area (Å²) in [6.45, 7) is 12.8. The number of benzene rings is 3. The van der Waals surface area contributed by atoms with Crippen molar-refractivity contribution in [3.8, 4) is 12.1 Å². The Morgan fingerprint density at radius 1 is 0.780 bits per heavy atom. The Labute approximate surface area is 247 Å². The standard InChI is InChI=1S/C36H33N3OS/c1-35(2,3)27-13-15-28(16-14-27)39-30-9-7-8-10-32(30)41-33-19-24(12-18-31(33)39)11-17-29-20-25(26(22-37)23-38)21-34(40-29)36(4,5)6/h7-21H,1-6H3/b17-11+. The largest absolute Gasteiger partial charge is 0.461 e. The first-order valence-electron chi connectivity index (χ1n) is 13.6. The highest BCUT2D eigenvalue weighted by Gasteiger charge is 2.26. The lowest BCUT2D eigenvalue weighted by molar-refractivity contribution is 0.223. The first kappa shape index (κ1) is 28.1. The molecule has 0 spiro atoms. The molecule has 0 bridgehead atoms. The molecule has 0 aliphatic carbocycles. The number of hydrogen-bond donors (Lipinski definition) is 0. The summed E-state index contributed by atoms with van der Waals surface area (Å²) in [5.74, 6) is 1.30. The van der Waals surface area contributed by atoms with Crippen molar-refractivity contribution < 1.29 is 4.74 Å². The van der Waals surface area contributed by atoms with Crippen LogP contribution in [0.1, 0.15) is 52.7 Å². The predicted octanol–water partition coefficient (Wildman–Crippen LogP) is 10.1. The molecule has 3 aromatic rings. The average Bonchev–Trinajstić information content (AvgIpc) is 2.94. The molecule has 5 heteroatoms. The number of fused-ring (bicyclic) bond motifs is 2. The van der Waals surface area contributed by atoms with Gasteiger partial charge in [-0.25, -0.2) is 0 Å². The Morgan fingerprint density at radius 3 is 2.12 bits per heavy atom. The molecule has 3 aromatic carbocycles. The molecule has 0 aromatic heterocycles. The molecule has 0 unspecified atom stereocenters. The lowest BCUT2D eigenvalue weighted by Gasteiger charge is -2.33. The smallest absolute Gasteiger partial charge is 0.137 e. The van der Waals surface area contributed by atoms with Gasteiger partial charge in [0, 0.05) is 26.5 Å². The summed E-state index contributed by atoms with van der Waals surface area (Å²) < 4.78 is 6.18. The van der Waals surface area contributed by atoms with E-state index < -0.39 is 0 Å². The minimum absolute atomic E-state index is 0.0698. The highest BCUT2D eigenvalue weighted by molar-refractivity contribution is 7.99. The number of anilines is 3. The van der Waals surface area contributed by atoms with E-state index in [4.69, 9.17) is 4.74 Å². The summed E-state index contributed by atoms with van der Waals surface area (Å²) in [5, 5.41) is 18.9. The van der Waals surface area contributed by atoms with Crippen molar-refractivity contribution in [3.05, 3.63) is 119 Å². The third-order valence-corrected chi connectivity index (χ3v) is 8.16. The monoisotopic (exact) mass is 555 g/mol. The molecule has 5 rings (SSSR count). The Balaban J connectivity index is 1.50. The van der Waals surface area contributed by atoms with Crippen molar-refractivity contribution in [2.45, 2.75) is 56.7 Å². The van der Waals surface area contributed by atoms with Gasteiger partial charge >= 0.3 is 0 Å². The zero-order valence-electron chi connectivity index (χ0n) is 24.3. The van der Waals surface area contributed by atoms with E-state index >= 15 is 0 Å². The van der Waals surface area contributed by atoms with Gasteiger partial charge in [0.15, 0.2) is 0 Å². The third kappa shape index (κ3) is 5.87. The maximum Gasteiger partial charge on any atom is 0.137 e. The van der Waals surface area contributed by atoms with Crippen LogP contribution in [0.2, 0.25) is 0 Å². The van der Waals surface area contributed by atoms with Crippen molar-refractivity contribution in [1.82, 2.24) is 0 Å². The highest BCUT2D eigenvalue weighted by Crippen LogP contribution is 2.51. The van der Waals surface area contributed by atoms with Crippen molar-refractivity contribution in [2.75, 3.05) is 4.90 Å². The number of para-hydroxylation sites is 1. The van der Waals surface area contributed by atoms with Crippen LogP contribution < -0.4 is 4.90 Å². The molecule has 2 aliphatic heterocycles. The fourth-order valence-corrected chi connectivity index (χ4v) is 5.82. The van der Waals surface area contributed by atoms with Crippen molar-refractivity contribution >= 4 is 34.9 Å². The molecule has 2 aliphatic rings. The topological polar surface area (TPSA) is 60.0 Å². The molecule has 0 atom stereocenters. The number of rotatable bonds is 3. The molecule has 0 saturated carbocycles. The van der Waals surface area contributed by atoms with E-state index in [2.05, 4.69) is 92.4 Å². The van der Waals surface area contributed by atoms with Gasteiger partial charge in [0.1, 0.15) is 29.2 Å². The first-order valence-corrected chi connectivity index (χ1v) is 14.5. The van der Waals surface area contributed by atoms with Crippen molar-refractivity contribution in [1.29, 1.82) is 10.5 Å². The average molecular weight is 556 g/mol. The Bertz CT molecular complexity index is 1700. The second kappa shape index (κ2) is 10.8. The molecule has 0 saturated heterocycles. The van der Waals surface area contributed by atoms with Gasteiger partial charge in [-0.1, -0.05) is 89.7 Å². The van der Waals surface area contributed by atoms with Gasteiger partial charge in [-0.15, -0.1) is 0 Å². The van der Waals surface area contributed by atoms with Gasteiger partial charge in [0.05, 0.1) is 11.4 Å². The summed E-state index contributed by atoms with van der Waals surface area (Å²) in [7, 11) is 0. The maximum atomic E-state index is 9.44. The number of nitrogens with zero attached hydrogens (tertiary/aromatic N) is 3. The maximum absolute atomic E-state index is 9.44. The Hall–Kier alpha value is -4.45. The molecule has 0 N–H and O–H groups in total. The highest BCUT2D eigenvalue weighted by atomic mass is 32.2. The minimum atomic E-state index is -0.279. The molecule has 204 valence electrons. The van der Waals surface area contributed by atoms with Crippen LogP contribution in [-0.4, -0.2) is 0 Å². The van der Waals surface area contributed by atoms with Crippen molar-refractivity contribution in [2.24, 2.45) is 5.41 Å². The normalized spacial score (nSPS) is 14.7. The van der Waals surface area contributed by atoms with Gasteiger partial charge in [-0.05, 0) is 71.2 Å². The Morgan fingerprint density at radius 2 is 1.46 bits per heavy atom. The second-order valence-electron chi connectivity index (χ2n) is 12.2. The molecule has 2 heterocycles. The van der Waals surface area contributed by atoms with Gasteiger partial charge < -0.3 is 9.64 Å². The van der Waals surface area contributed by atoms with Crippen LogP contribution in [0.3, 0.4) is 0 Å². The predicted molar refractivity (Wildman–Crippen MR) is 168 cm³/mol. The molecule has 0 radical (unpaired) electrons. The van der Waals surface area contributed by atoms with Crippen LogP contribution in [0.25, 0.3) is 6.08 Å². The fraction of sp³-hybridized carbons (Fsp3) is 0.222. The van der Waals surface area contributed by atoms with E-state index in [0.29, 0.717) is 17.1 Å². The number of allylic oxidation sites excluding steroid dienone is 6. The zero-order chi connectivity index (χ0) is 29.4.